The average molecular weight is 451 g/mol. The zero-order chi connectivity index (χ0) is 23.6. The lowest BCUT2D eigenvalue weighted by molar-refractivity contribution is -0.297. The van der Waals surface area contributed by atoms with E-state index < -0.39 is 29.3 Å². The highest BCUT2D eigenvalue weighted by Gasteiger charge is 2.70. The molecule has 2 unspecified atom stereocenters. The molecule has 0 bridgehead atoms. The molecule has 4 rings (SSSR count). The van der Waals surface area contributed by atoms with E-state index in [4.69, 9.17) is 0 Å². The Morgan fingerprint density at radius 2 is 1.53 bits per heavy atom. The summed E-state index contributed by atoms with van der Waals surface area (Å²) in [6.45, 7) is 14.1. The van der Waals surface area contributed by atoms with Crippen LogP contribution in [-0.4, -0.2) is 44.3 Å². The van der Waals surface area contributed by atoms with Crippen molar-refractivity contribution in [2.75, 3.05) is 0 Å². The first-order valence-corrected chi connectivity index (χ1v) is 13.6. The van der Waals surface area contributed by atoms with Crippen molar-refractivity contribution in [2.24, 2.45) is 52.3 Å². The summed E-state index contributed by atoms with van der Waals surface area (Å²) in [7, 11) is 0. The van der Waals surface area contributed by atoms with E-state index >= 15 is 0 Å². The van der Waals surface area contributed by atoms with Crippen molar-refractivity contribution in [3.63, 3.8) is 0 Å². The normalized spacial score (nSPS) is 52.8. The lowest BCUT2D eigenvalue weighted by Gasteiger charge is -2.66. The number of hydrogen-bond donors (Lipinski definition) is 4. The van der Waals surface area contributed by atoms with E-state index in [1.54, 1.807) is 0 Å². The molecule has 0 amide bonds. The Kier molecular flexibility index (Phi) is 6.63. The standard InChI is InChI=1S/C28H50O4/c1-16(2)17(3)7-8-18(4)20-9-10-21-23-22(12-13-26(20,21)5)27(6)14-11-19(29)15-28(27,32)25(31)24(23)30/h16-25,29-32H,7-15H2,1-6H3/t17-,18+,19-,20?,21-,22-,23?,24+,25+,26+,27+,28-/m0/s1. The van der Waals surface area contributed by atoms with Gasteiger partial charge in [-0.2, -0.15) is 0 Å². The smallest absolute Gasteiger partial charge is 0.109 e. The highest BCUT2D eigenvalue weighted by atomic mass is 16.4. The van der Waals surface area contributed by atoms with Crippen LogP contribution in [0.4, 0.5) is 0 Å². The Morgan fingerprint density at radius 3 is 2.19 bits per heavy atom. The van der Waals surface area contributed by atoms with E-state index in [1.807, 2.05) is 0 Å². The Hall–Kier alpha value is -0.160. The first-order valence-electron chi connectivity index (χ1n) is 13.6. The zero-order valence-electron chi connectivity index (χ0n) is 21.4. The highest BCUT2D eigenvalue weighted by molar-refractivity contribution is 5.19. The van der Waals surface area contributed by atoms with E-state index in [1.165, 1.54) is 19.3 Å². The molecular weight excluding hydrogens is 400 g/mol. The molecule has 0 heterocycles. The summed E-state index contributed by atoms with van der Waals surface area (Å²) in [5.74, 6) is 3.53. The van der Waals surface area contributed by atoms with Gasteiger partial charge in [-0.25, -0.2) is 0 Å². The number of hydrogen-bond acceptors (Lipinski definition) is 4. The predicted molar refractivity (Wildman–Crippen MR) is 128 cm³/mol. The van der Waals surface area contributed by atoms with Crippen molar-refractivity contribution in [3.05, 3.63) is 0 Å². The van der Waals surface area contributed by atoms with Crippen molar-refractivity contribution in [3.8, 4) is 0 Å². The fourth-order valence-electron chi connectivity index (χ4n) is 9.29. The van der Waals surface area contributed by atoms with Crippen LogP contribution < -0.4 is 0 Å². The molecule has 0 aliphatic heterocycles. The zero-order valence-corrected chi connectivity index (χ0v) is 21.4. The van der Waals surface area contributed by atoms with Crippen LogP contribution in [0.2, 0.25) is 0 Å². The Morgan fingerprint density at radius 1 is 0.844 bits per heavy atom. The van der Waals surface area contributed by atoms with Crippen LogP contribution in [0.3, 0.4) is 0 Å². The second-order valence-corrected chi connectivity index (χ2v) is 13.5. The largest absolute Gasteiger partial charge is 0.393 e. The van der Waals surface area contributed by atoms with E-state index in [0.29, 0.717) is 24.2 Å². The van der Waals surface area contributed by atoms with Crippen LogP contribution in [0.5, 0.6) is 0 Å². The summed E-state index contributed by atoms with van der Waals surface area (Å²) in [6.07, 6.45) is 6.03. The molecule has 0 aromatic heterocycles. The minimum absolute atomic E-state index is 0.0519. The van der Waals surface area contributed by atoms with Crippen molar-refractivity contribution in [1.29, 1.82) is 0 Å². The van der Waals surface area contributed by atoms with Crippen LogP contribution in [0, 0.1) is 52.3 Å². The average Bonchev–Trinajstić information content (AvgIpc) is 3.09. The van der Waals surface area contributed by atoms with Crippen molar-refractivity contribution in [2.45, 2.75) is 123 Å². The molecule has 0 aromatic rings. The molecule has 12 atom stereocenters. The quantitative estimate of drug-likeness (QED) is 0.486. The van der Waals surface area contributed by atoms with Crippen molar-refractivity contribution >= 4 is 0 Å². The van der Waals surface area contributed by atoms with Gasteiger partial charge in [0.2, 0.25) is 0 Å². The number of rotatable bonds is 5. The van der Waals surface area contributed by atoms with Crippen LogP contribution in [0.15, 0.2) is 0 Å². The summed E-state index contributed by atoms with van der Waals surface area (Å²) < 4.78 is 0. The van der Waals surface area contributed by atoms with E-state index in [9.17, 15) is 20.4 Å². The van der Waals surface area contributed by atoms with Gasteiger partial charge in [0.15, 0.2) is 0 Å². The highest BCUT2D eigenvalue weighted by Crippen LogP contribution is 2.69. The molecule has 4 fully saturated rings. The second-order valence-electron chi connectivity index (χ2n) is 13.5. The molecule has 4 heteroatoms. The van der Waals surface area contributed by atoms with Gasteiger partial charge < -0.3 is 20.4 Å². The molecule has 186 valence electrons. The summed E-state index contributed by atoms with van der Waals surface area (Å²) in [6, 6.07) is 0. The van der Waals surface area contributed by atoms with Gasteiger partial charge in [-0.05, 0) is 85.4 Å². The van der Waals surface area contributed by atoms with Gasteiger partial charge in [0.1, 0.15) is 11.7 Å². The van der Waals surface area contributed by atoms with Crippen LogP contribution in [0.25, 0.3) is 0 Å². The molecule has 0 aromatic carbocycles. The fraction of sp³-hybridized carbons (Fsp3) is 1.00. The van der Waals surface area contributed by atoms with Gasteiger partial charge >= 0.3 is 0 Å². The molecule has 4 aliphatic rings. The van der Waals surface area contributed by atoms with Crippen molar-refractivity contribution < 1.29 is 20.4 Å². The predicted octanol–water partition coefficient (Wildman–Crippen LogP) is 4.77. The molecule has 4 nitrogen and oxygen atoms in total. The Bertz CT molecular complexity index is 680. The maximum absolute atomic E-state index is 11.6. The van der Waals surface area contributed by atoms with Crippen LogP contribution in [-0.2, 0) is 0 Å². The molecule has 32 heavy (non-hydrogen) atoms. The van der Waals surface area contributed by atoms with E-state index in [-0.39, 0.29) is 23.7 Å². The van der Waals surface area contributed by atoms with E-state index in [0.717, 1.165) is 37.5 Å². The van der Waals surface area contributed by atoms with Gasteiger partial charge in [0.25, 0.3) is 0 Å². The lowest BCUT2D eigenvalue weighted by atomic mass is 9.41. The molecule has 4 aliphatic carbocycles. The lowest BCUT2D eigenvalue weighted by Crippen LogP contribution is -2.73. The summed E-state index contributed by atoms with van der Waals surface area (Å²) in [4.78, 5) is 0. The van der Waals surface area contributed by atoms with Crippen LogP contribution >= 0.6 is 0 Å². The minimum Gasteiger partial charge on any atom is -0.393 e. The third-order valence-electron chi connectivity index (χ3n) is 11.9. The Balaban J connectivity index is 1.57. The van der Waals surface area contributed by atoms with Crippen LogP contribution in [0.1, 0.15) is 99.3 Å². The maximum atomic E-state index is 11.6. The molecule has 0 spiro atoms. The molecular formula is C28H50O4. The first kappa shape index (κ1) is 24.9. The third-order valence-corrected chi connectivity index (χ3v) is 11.9. The van der Waals surface area contributed by atoms with E-state index in [2.05, 4.69) is 41.5 Å². The number of fused-ring (bicyclic) bond motifs is 5. The molecule has 0 saturated heterocycles. The van der Waals surface area contributed by atoms with Gasteiger partial charge in [0, 0.05) is 11.8 Å². The fourth-order valence-corrected chi connectivity index (χ4v) is 9.29. The van der Waals surface area contributed by atoms with Gasteiger partial charge in [-0.3, -0.25) is 0 Å². The number of aliphatic hydroxyl groups excluding tert-OH is 3. The van der Waals surface area contributed by atoms with Gasteiger partial charge in [-0.15, -0.1) is 0 Å². The second kappa shape index (κ2) is 8.50. The number of aliphatic hydroxyl groups is 4. The first-order chi connectivity index (χ1) is 14.9. The molecule has 0 radical (unpaired) electrons. The third kappa shape index (κ3) is 3.53. The van der Waals surface area contributed by atoms with Gasteiger partial charge in [0.05, 0.1) is 12.2 Å². The van der Waals surface area contributed by atoms with Crippen molar-refractivity contribution in [1.82, 2.24) is 0 Å². The Labute approximate surface area is 196 Å². The van der Waals surface area contributed by atoms with Gasteiger partial charge in [-0.1, -0.05) is 54.4 Å². The molecule has 4 N–H and O–H groups in total. The SMILES string of the molecule is CC(C)[C@@H](C)CC[C@@H](C)C1CC[C@H]2C3[C@@H](O)[C@@H](O)[C@@]4(O)C[C@@H](O)CC[C@]4(C)[C@H]3CC[C@]12C. The summed E-state index contributed by atoms with van der Waals surface area (Å²) in [5.41, 5.74) is -1.62. The summed E-state index contributed by atoms with van der Waals surface area (Å²) >= 11 is 0. The topological polar surface area (TPSA) is 80.9 Å². The maximum Gasteiger partial charge on any atom is 0.109 e. The monoisotopic (exact) mass is 450 g/mol. The molecule has 4 saturated carbocycles. The minimum atomic E-state index is -1.39. The summed E-state index contributed by atoms with van der Waals surface area (Å²) in [5, 5.41) is 44.6.